The van der Waals surface area contributed by atoms with Gasteiger partial charge < -0.3 is 0 Å². The van der Waals surface area contributed by atoms with Crippen LogP contribution in [0, 0.1) is 0 Å². The van der Waals surface area contributed by atoms with Crippen LogP contribution in [0.25, 0.3) is 0 Å². The van der Waals surface area contributed by atoms with Gasteiger partial charge >= 0.3 is 0 Å². The van der Waals surface area contributed by atoms with Gasteiger partial charge in [-0.25, -0.2) is 8.42 Å². The van der Waals surface area contributed by atoms with Crippen molar-refractivity contribution in [1.29, 1.82) is 0 Å². The molecule has 2 heterocycles. The summed E-state index contributed by atoms with van der Waals surface area (Å²) in [7, 11) is -3.73. The number of halogens is 1. The van der Waals surface area contributed by atoms with Crippen LogP contribution in [0.2, 0.25) is 5.02 Å². The van der Waals surface area contributed by atoms with Crippen LogP contribution in [0.15, 0.2) is 23.1 Å². The van der Waals surface area contributed by atoms with Gasteiger partial charge in [0.05, 0.1) is 5.02 Å². The second-order valence-electron chi connectivity index (χ2n) is 5.92. The molecule has 10 heteroatoms. The van der Waals surface area contributed by atoms with Gasteiger partial charge in [0.25, 0.3) is 5.91 Å². The Labute approximate surface area is 161 Å². The number of aryl methyl sites for hydroxylation is 1. The fourth-order valence-corrected chi connectivity index (χ4v) is 5.39. The molecule has 26 heavy (non-hydrogen) atoms. The molecule has 0 spiro atoms. The van der Waals surface area contributed by atoms with Crippen molar-refractivity contribution in [2.45, 2.75) is 37.5 Å². The molecule has 0 radical (unpaired) electrons. The van der Waals surface area contributed by atoms with Crippen LogP contribution >= 0.6 is 22.9 Å². The van der Waals surface area contributed by atoms with Crippen LogP contribution in [-0.2, 0) is 16.4 Å². The third kappa shape index (κ3) is 4.06. The Morgan fingerprint density at radius 2 is 2.00 bits per heavy atom. The quantitative estimate of drug-likeness (QED) is 0.811. The molecular weight excluding hydrogens is 396 g/mol. The Balaban J connectivity index is 1.85. The van der Waals surface area contributed by atoms with Gasteiger partial charge in [0, 0.05) is 18.7 Å². The molecule has 2 aromatic rings. The van der Waals surface area contributed by atoms with Crippen LogP contribution in [0.4, 0.5) is 5.13 Å². The summed E-state index contributed by atoms with van der Waals surface area (Å²) in [5, 5.41) is 11.8. The molecule has 1 aromatic carbocycles. The highest BCUT2D eigenvalue weighted by Crippen LogP contribution is 2.28. The largest absolute Gasteiger partial charge is 0.296 e. The van der Waals surface area contributed by atoms with Gasteiger partial charge in [-0.15, -0.1) is 10.2 Å². The summed E-state index contributed by atoms with van der Waals surface area (Å²) < 4.78 is 27.2. The fraction of sp³-hybridized carbons (Fsp3) is 0.438. The molecule has 1 aliphatic heterocycles. The van der Waals surface area contributed by atoms with Gasteiger partial charge in [0.1, 0.15) is 9.90 Å². The average Bonchev–Trinajstić information content (AvgIpc) is 3.10. The number of amides is 1. The van der Waals surface area contributed by atoms with E-state index in [0.717, 1.165) is 30.7 Å². The number of aromatic nitrogens is 2. The summed E-state index contributed by atoms with van der Waals surface area (Å²) in [5.74, 6) is -0.449. The van der Waals surface area contributed by atoms with E-state index in [-0.39, 0.29) is 15.5 Å². The van der Waals surface area contributed by atoms with Crippen molar-refractivity contribution in [3.63, 3.8) is 0 Å². The lowest BCUT2D eigenvalue weighted by Gasteiger charge is -2.26. The van der Waals surface area contributed by atoms with Gasteiger partial charge in [-0.2, -0.15) is 4.31 Å². The van der Waals surface area contributed by atoms with Crippen LogP contribution in [0.3, 0.4) is 0 Å². The summed E-state index contributed by atoms with van der Waals surface area (Å²) in [6.07, 6.45) is 3.40. The lowest BCUT2D eigenvalue weighted by molar-refractivity contribution is 0.102. The Hall–Kier alpha value is -1.55. The maximum Gasteiger partial charge on any atom is 0.257 e. The lowest BCUT2D eigenvalue weighted by atomic mass is 10.2. The molecule has 7 nitrogen and oxygen atoms in total. The van der Waals surface area contributed by atoms with Gasteiger partial charge in [0.15, 0.2) is 0 Å². The van der Waals surface area contributed by atoms with E-state index in [1.54, 1.807) is 0 Å². The number of anilines is 1. The van der Waals surface area contributed by atoms with E-state index in [4.69, 9.17) is 11.6 Å². The summed E-state index contributed by atoms with van der Waals surface area (Å²) >= 11 is 7.41. The van der Waals surface area contributed by atoms with Crippen molar-refractivity contribution in [3.05, 3.63) is 33.8 Å². The standard InChI is InChI=1S/C16H19ClN4O3S2/c1-2-14-19-20-16(25-14)18-15(22)11-6-7-12(17)13(10-11)26(23,24)21-8-4-3-5-9-21/h6-7,10H,2-5,8-9H2,1H3,(H,18,20,22). The molecule has 140 valence electrons. The second kappa shape index (κ2) is 7.99. The molecule has 0 atom stereocenters. The van der Waals surface area contributed by atoms with Crippen molar-refractivity contribution in [3.8, 4) is 0 Å². The third-order valence-electron chi connectivity index (χ3n) is 4.12. The van der Waals surface area contributed by atoms with E-state index in [1.807, 2.05) is 6.92 Å². The van der Waals surface area contributed by atoms with Gasteiger partial charge in [-0.1, -0.05) is 36.3 Å². The summed E-state index contributed by atoms with van der Waals surface area (Å²) in [6.45, 7) is 2.89. The van der Waals surface area contributed by atoms with Gasteiger partial charge in [-0.05, 0) is 37.5 Å². The van der Waals surface area contributed by atoms with Gasteiger partial charge in [0.2, 0.25) is 15.2 Å². The first-order chi connectivity index (χ1) is 12.4. The normalized spacial score (nSPS) is 15.8. The topological polar surface area (TPSA) is 92.3 Å². The number of hydrogen-bond acceptors (Lipinski definition) is 6. The zero-order valence-electron chi connectivity index (χ0n) is 14.2. The molecule has 1 aliphatic rings. The molecule has 0 saturated carbocycles. The van der Waals surface area contributed by atoms with Crippen molar-refractivity contribution >= 4 is 44.0 Å². The smallest absolute Gasteiger partial charge is 0.257 e. The highest BCUT2D eigenvalue weighted by molar-refractivity contribution is 7.89. The fourth-order valence-electron chi connectivity index (χ4n) is 2.70. The van der Waals surface area contributed by atoms with Crippen LogP contribution < -0.4 is 5.32 Å². The Kier molecular flexibility index (Phi) is 5.91. The van der Waals surface area contributed by atoms with E-state index >= 15 is 0 Å². The van der Waals surface area contributed by atoms with Crippen molar-refractivity contribution in [2.24, 2.45) is 0 Å². The first-order valence-electron chi connectivity index (χ1n) is 8.35. The number of hydrogen-bond donors (Lipinski definition) is 1. The number of benzene rings is 1. The number of nitrogens with zero attached hydrogens (tertiary/aromatic N) is 3. The molecule has 0 unspecified atom stereocenters. The Morgan fingerprint density at radius 3 is 2.65 bits per heavy atom. The van der Waals surface area contributed by atoms with E-state index in [9.17, 15) is 13.2 Å². The molecule has 1 amide bonds. The number of sulfonamides is 1. The third-order valence-corrected chi connectivity index (χ3v) is 7.48. The first kappa shape index (κ1) is 19.2. The molecule has 1 N–H and O–H groups in total. The van der Waals surface area contributed by atoms with E-state index in [2.05, 4.69) is 15.5 Å². The number of carbonyl (C=O) groups excluding carboxylic acids is 1. The summed E-state index contributed by atoms with van der Waals surface area (Å²) in [4.78, 5) is 12.4. The number of carbonyl (C=O) groups is 1. The monoisotopic (exact) mass is 414 g/mol. The zero-order valence-corrected chi connectivity index (χ0v) is 16.6. The Bertz CT molecular complexity index is 908. The van der Waals surface area contributed by atoms with Crippen LogP contribution in [0.1, 0.15) is 41.6 Å². The minimum absolute atomic E-state index is 0.0415. The van der Waals surface area contributed by atoms with Crippen LogP contribution in [0.5, 0.6) is 0 Å². The first-order valence-corrected chi connectivity index (χ1v) is 11.0. The molecule has 1 saturated heterocycles. The number of nitrogens with one attached hydrogen (secondary N) is 1. The van der Waals surface area contributed by atoms with Crippen molar-refractivity contribution in [2.75, 3.05) is 18.4 Å². The maximum atomic E-state index is 12.9. The number of piperidine rings is 1. The second-order valence-corrected chi connectivity index (χ2v) is 9.29. The van der Waals surface area contributed by atoms with Gasteiger partial charge in [-0.3, -0.25) is 10.1 Å². The number of rotatable bonds is 5. The molecule has 0 aliphatic carbocycles. The predicted molar refractivity (Wildman–Crippen MR) is 101 cm³/mol. The van der Waals surface area contributed by atoms with Crippen molar-refractivity contribution < 1.29 is 13.2 Å². The minimum atomic E-state index is -3.73. The highest BCUT2D eigenvalue weighted by atomic mass is 35.5. The van der Waals surface area contributed by atoms with E-state index < -0.39 is 15.9 Å². The molecule has 0 bridgehead atoms. The average molecular weight is 415 g/mol. The van der Waals surface area contributed by atoms with Crippen molar-refractivity contribution in [1.82, 2.24) is 14.5 Å². The Morgan fingerprint density at radius 1 is 1.27 bits per heavy atom. The van der Waals surface area contributed by atoms with E-state index in [0.29, 0.717) is 18.2 Å². The van der Waals surface area contributed by atoms with E-state index in [1.165, 1.54) is 33.8 Å². The molecular formula is C16H19ClN4O3S2. The molecule has 3 rings (SSSR count). The SMILES string of the molecule is CCc1nnc(NC(=O)c2ccc(Cl)c(S(=O)(=O)N3CCCCC3)c2)s1. The zero-order chi connectivity index (χ0) is 18.7. The highest BCUT2D eigenvalue weighted by Gasteiger charge is 2.28. The molecule has 1 aromatic heterocycles. The predicted octanol–water partition coefficient (Wildman–Crippen LogP) is 3.18. The summed E-state index contributed by atoms with van der Waals surface area (Å²) in [5.41, 5.74) is 0.207. The lowest BCUT2D eigenvalue weighted by Crippen LogP contribution is -2.35. The van der Waals surface area contributed by atoms with Crippen LogP contribution in [-0.4, -0.2) is 41.9 Å². The molecule has 1 fully saturated rings. The summed E-state index contributed by atoms with van der Waals surface area (Å²) in [6, 6.07) is 4.25. The maximum absolute atomic E-state index is 12.9. The minimum Gasteiger partial charge on any atom is -0.296 e.